The predicted molar refractivity (Wildman–Crippen MR) is 30.1 cm³/mol. The second-order valence-electron chi connectivity index (χ2n) is 1.61. The molecule has 0 heterocycles. The first-order chi connectivity index (χ1) is 4.77. The quantitative estimate of drug-likeness (QED) is 0.324. The summed E-state index contributed by atoms with van der Waals surface area (Å²) in [7, 11) is -4.54. The molecule has 0 saturated heterocycles. The van der Waals surface area contributed by atoms with Crippen LogP contribution in [0.1, 0.15) is 1.43 Å². The Morgan fingerprint density at radius 2 is 1.75 bits per heavy atom. The van der Waals surface area contributed by atoms with E-state index in [4.69, 9.17) is 0 Å². The summed E-state index contributed by atoms with van der Waals surface area (Å²) in [6.45, 7) is -1.34. The molecule has 0 saturated carbocycles. The molecule has 0 aliphatic heterocycles. The van der Waals surface area contributed by atoms with Gasteiger partial charge in [-0.2, -0.15) is 13.2 Å². The molecule has 0 aromatic rings. The molecule has 0 aliphatic rings. The maximum Gasteiger partial charge on any atom is 1.00 e. The van der Waals surface area contributed by atoms with Gasteiger partial charge < -0.3 is 1.43 Å². The van der Waals surface area contributed by atoms with Crippen molar-refractivity contribution in [3.8, 4) is 0 Å². The third-order valence-corrected chi connectivity index (χ3v) is 1.85. The zero-order chi connectivity index (χ0) is 9.12. The first-order valence-electron chi connectivity index (χ1n) is 2.41. The molecule has 0 fully saturated rings. The molecule has 1 N–H and O–H groups in total. The minimum atomic E-state index is -5.02. The minimum absolute atomic E-state index is 0. The Bertz CT molecular complexity index is 218. The Labute approximate surface area is 90.3 Å². The molecule has 0 spiro atoms. The van der Waals surface area contributed by atoms with E-state index in [0.29, 0.717) is 4.72 Å². The number of rotatable bonds is 3. The van der Waals surface area contributed by atoms with Gasteiger partial charge in [-0.1, -0.05) is 0 Å². The molecule has 70 valence electrons. The van der Waals surface area contributed by atoms with Crippen LogP contribution in [-0.4, -0.2) is 27.1 Å². The maximum absolute atomic E-state index is 11.3. The summed E-state index contributed by atoms with van der Waals surface area (Å²) >= 11 is 0. The van der Waals surface area contributed by atoms with Crippen molar-refractivity contribution < 1.29 is 57.0 Å². The average molecular weight is 219 g/mol. The zero-order valence-corrected chi connectivity index (χ0v) is 8.97. The fourth-order valence-electron chi connectivity index (χ4n) is 0.329. The van der Waals surface area contributed by atoms with Gasteiger partial charge in [0.2, 0.25) is 10.0 Å². The number of sulfonamides is 1. The summed E-state index contributed by atoms with van der Waals surface area (Å²) in [5.74, 6) is -1.17. The van der Waals surface area contributed by atoms with Gasteiger partial charge in [0.1, 0.15) is 6.67 Å². The summed E-state index contributed by atoms with van der Waals surface area (Å²) in [6.07, 6.45) is -5.02. The normalized spacial score (nSPS) is 12.3. The van der Waals surface area contributed by atoms with Crippen LogP contribution >= 0.6 is 0 Å². The van der Waals surface area contributed by atoms with E-state index < -0.39 is 28.8 Å². The van der Waals surface area contributed by atoms with Gasteiger partial charge in [0.15, 0.2) is 0 Å². The molecular weight excluding hydrogens is 213 g/mol. The monoisotopic (exact) mass is 219 g/mol. The van der Waals surface area contributed by atoms with Gasteiger partial charge in [-0.05, 0) is 0 Å². The van der Waals surface area contributed by atoms with Crippen LogP contribution in [0.3, 0.4) is 0 Å². The number of hydrogen-bond acceptors (Lipinski definition) is 2. The fraction of sp³-hybridized carbons (Fsp3) is 1.00. The zero-order valence-electron chi connectivity index (χ0n) is 7.15. The van der Waals surface area contributed by atoms with E-state index in [1.54, 1.807) is 0 Å². The van der Waals surface area contributed by atoms with Gasteiger partial charge in [0.05, 0.1) is 5.75 Å². The summed E-state index contributed by atoms with van der Waals surface area (Å²) in [6, 6.07) is 0. The largest absolute Gasteiger partial charge is 1.00 e. The van der Waals surface area contributed by atoms with E-state index >= 15 is 0 Å². The molecule has 3 nitrogen and oxygen atoms in total. The molecule has 0 rings (SSSR count). The van der Waals surface area contributed by atoms with E-state index in [-0.39, 0.29) is 31.0 Å². The molecule has 12 heavy (non-hydrogen) atoms. The topological polar surface area (TPSA) is 46.2 Å². The molecule has 0 bridgehead atoms. The summed E-state index contributed by atoms with van der Waals surface area (Å²) in [5, 5.41) is 0. The Hall–Kier alpha value is 0.630. The average Bonchev–Trinajstić information content (AvgIpc) is 1.55. The van der Waals surface area contributed by atoms with Gasteiger partial charge in [-0.25, -0.2) is 12.8 Å². The molecule has 0 aliphatic carbocycles. The van der Waals surface area contributed by atoms with E-state index in [2.05, 4.69) is 0 Å². The van der Waals surface area contributed by atoms with Gasteiger partial charge in [-0.3, -0.25) is 0 Å². The van der Waals surface area contributed by atoms with Crippen LogP contribution in [0, 0.1) is 0 Å². The second-order valence-corrected chi connectivity index (χ2v) is 3.45. The number of halogens is 4. The van der Waals surface area contributed by atoms with Crippen LogP contribution in [0.2, 0.25) is 0 Å². The number of alkyl halides is 4. The van der Waals surface area contributed by atoms with Gasteiger partial charge in [-0.15, -0.1) is 4.72 Å². The smallest absolute Gasteiger partial charge is 1.00 e. The van der Waals surface area contributed by atoms with Crippen LogP contribution in [0.5, 0.6) is 0 Å². The predicted octanol–water partition coefficient (Wildman–Crippen LogP) is -2.49. The van der Waals surface area contributed by atoms with Gasteiger partial charge >= 0.3 is 35.9 Å². The first kappa shape index (κ1) is 15.1. The van der Waals surface area contributed by atoms with E-state index in [1.807, 2.05) is 0 Å². The van der Waals surface area contributed by atoms with Crippen molar-refractivity contribution in [2.45, 2.75) is 6.30 Å². The van der Waals surface area contributed by atoms with Crippen LogP contribution in [0.25, 0.3) is 0 Å². The van der Waals surface area contributed by atoms with Crippen LogP contribution < -0.4 is 34.3 Å². The molecule has 9 heteroatoms. The summed E-state index contributed by atoms with van der Waals surface area (Å²) in [5.41, 5.74) is 0. The Balaban J connectivity index is -0.000000500. The molecule has 0 atom stereocenters. The standard InChI is InChI=1S/C3H5F4NO2S.Na.H/c4-1-2-11(9,10)8-3(5,6)7;;/h8H,1-2H2;;/q;+1;-1. The van der Waals surface area contributed by atoms with Crippen molar-refractivity contribution in [3.05, 3.63) is 0 Å². The van der Waals surface area contributed by atoms with E-state index in [9.17, 15) is 26.0 Å². The first-order valence-corrected chi connectivity index (χ1v) is 4.06. The van der Waals surface area contributed by atoms with Crippen LogP contribution in [0.4, 0.5) is 17.6 Å². The molecule has 0 aromatic carbocycles. The van der Waals surface area contributed by atoms with Crippen LogP contribution in [-0.2, 0) is 10.0 Å². The van der Waals surface area contributed by atoms with E-state index in [1.165, 1.54) is 0 Å². The third-order valence-electron chi connectivity index (χ3n) is 0.617. The number of hydrogen-bond donors (Lipinski definition) is 1. The molecular formula is C3H6F4NNaO2S. The molecule has 0 radical (unpaired) electrons. The Morgan fingerprint density at radius 1 is 1.33 bits per heavy atom. The Kier molecular flexibility index (Phi) is 6.78. The van der Waals surface area contributed by atoms with Crippen molar-refractivity contribution in [2.24, 2.45) is 0 Å². The van der Waals surface area contributed by atoms with E-state index in [0.717, 1.165) is 0 Å². The van der Waals surface area contributed by atoms with Gasteiger partial charge in [0.25, 0.3) is 0 Å². The van der Waals surface area contributed by atoms with Crippen molar-refractivity contribution in [1.82, 2.24) is 4.72 Å². The SMILES string of the molecule is O=S(=O)(CCF)NC(F)(F)F.[H-].[Na+]. The van der Waals surface area contributed by atoms with Crippen molar-refractivity contribution >= 4 is 10.0 Å². The second kappa shape index (κ2) is 5.38. The van der Waals surface area contributed by atoms with Crippen molar-refractivity contribution in [3.63, 3.8) is 0 Å². The van der Waals surface area contributed by atoms with Crippen molar-refractivity contribution in [1.29, 1.82) is 0 Å². The molecule has 0 amide bonds. The fourth-order valence-corrected chi connectivity index (χ4v) is 0.987. The third kappa shape index (κ3) is 8.72. The molecule has 0 aromatic heterocycles. The maximum atomic E-state index is 11.3. The van der Waals surface area contributed by atoms with Crippen molar-refractivity contribution in [2.75, 3.05) is 12.4 Å². The molecule has 0 unspecified atom stereocenters. The summed E-state index contributed by atoms with van der Waals surface area (Å²) in [4.78, 5) is 0. The Morgan fingerprint density at radius 3 is 2.00 bits per heavy atom. The van der Waals surface area contributed by atoms with Crippen LogP contribution in [0.15, 0.2) is 0 Å². The van der Waals surface area contributed by atoms with Gasteiger partial charge in [0, 0.05) is 0 Å². The minimum Gasteiger partial charge on any atom is -1.00 e. The number of nitrogens with one attached hydrogen (secondary N) is 1. The summed E-state index contributed by atoms with van der Waals surface area (Å²) < 4.78 is 65.7.